The van der Waals surface area contributed by atoms with E-state index in [1.807, 2.05) is 11.3 Å². The summed E-state index contributed by atoms with van der Waals surface area (Å²) in [5.74, 6) is 0.515. The second kappa shape index (κ2) is 5.54. The summed E-state index contributed by atoms with van der Waals surface area (Å²) in [6.07, 6.45) is 3.94. The number of nitrogens with one attached hydrogen (secondary N) is 1. The zero-order valence-electron chi connectivity index (χ0n) is 11.6. The molecule has 0 spiro atoms. The molecule has 2 aromatic heterocycles. The second-order valence-corrected chi connectivity index (χ2v) is 6.61. The summed E-state index contributed by atoms with van der Waals surface area (Å²) >= 11 is 1.84. The van der Waals surface area contributed by atoms with Crippen LogP contribution in [0.2, 0.25) is 0 Å². The van der Waals surface area contributed by atoms with Crippen molar-refractivity contribution in [3.8, 4) is 0 Å². The Morgan fingerprint density at radius 3 is 3.05 bits per heavy atom. The Kier molecular flexibility index (Phi) is 3.40. The molecule has 5 nitrogen and oxygen atoms in total. The third kappa shape index (κ3) is 2.45. The molecule has 1 N–H and O–H groups in total. The molecule has 0 bridgehead atoms. The van der Waals surface area contributed by atoms with Crippen LogP contribution in [-0.2, 0) is 0 Å². The summed E-state index contributed by atoms with van der Waals surface area (Å²) in [5, 5.41) is 17.2. The topological polar surface area (TPSA) is 55.6 Å². The summed E-state index contributed by atoms with van der Waals surface area (Å²) < 4.78 is 1.32. The average Bonchev–Trinajstić information content (AvgIpc) is 3.18. The van der Waals surface area contributed by atoms with Crippen molar-refractivity contribution in [2.24, 2.45) is 5.92 Å². The van der Waals surface area contributed by atoms with E-state index in [-0.39, 0.29) is 6.04 Å². The number of nitrogens with zero attached hydrogens (tertiary/aromatic N) is 4. The molecule has 3 heterocycles. The maximum Gasteiger partial charge on any atom is 0.162 e. The van der Waals surface area contributed by atoms with Crippen LogP contribution in [-0.4, -0.2) is 33.3 Å². The van der Waals surface area contributed by atoms with Crippen molar-refractivity contribution in [3.63, 3.8) is 0 Å². The molecule has 3 aromatic rings. The van der Waals surface area contributed by atoms with E-state index in [9.17, 15) is 0 Å². The third-order valence-corrected chi connectivity index (χ3v) is 5.32. The lowest BCUT2D eigenvalue weighted by atomic mass is 9.91. The Hall–Kier alpha value is -1.79. The minimum absolute atomic E-state index is 0.178. The van der Waals surface area contributed by atoms with Gasteiger partial charge in [-0.3, -0.25) is 0 Å². The largest absolute Gasteiger partial charge is 0.316 e. The molecule has 1 saturated heterocycles. The minimum atomic E-state index is 0.178. The lowest BCUT2D eigenvalue weighted by molar-refractivity contribution is 0.264. The molecule has 21 heavy (non-hydrogen) atoms. The van der Waals surface area contributed by atoms with Crippen LogP contribution < -0.4 is 5.32 Å². The predicted octanol–water partition coefficient (Wildman–Crippen LogP) is 2.48. The SMILES string of the molecule is c1ccc2sc([C@H]([C@H]3CCCNC3)n3ncnn3)cc2c1. The Bertz CT molecular complexity index is 682. The molecule has 2 atom stereocenters. The normalized spacial score (nSPS) is 20.7. The fourth-order valence-corrected chi connectivity index (χ4v) is 4.37. The van der Waals surface area contributed by atoms with Crippen molar-refractivity contribution in [2.75, 3.05) is 13.1 Å². The van der Waals surface area contributed by atoms with Gasteiger partial charge in [0.1, 0.15) is 6.04 Å². The van der Waals surface area contributed by atoms with Crippen molar-refractivity contribution < 1.29 is 0 Å². The van der Waals surface area contributed by atoms with Gasteiger partial charge in [-0.05, 0) is 42.1 Å². The first-order chi connectivity index (χ1) is 10.4. The first-order valence-corrected chi connectivity index (χ1v) is 8.15. The monoisotopic (exact) mass is 299 g/mol. The van der Waals surface area contributed by atoms with Crippen LogP contribution in [0.3, 0.4) is 0 Å². The molecule has 1 aromatic carbocycles. The highest BCUT2D eigenvalue weighted by Gasteiger charge is 2.29. The van der Waals surface area contributed by atoms with Gasteiger partial charge in [-0.2, -0.15) is 4.80 Å². The molecule has 6 heteroatoms. The van der Waals surface area contributed by atoms with Gasteiger partial charge in [-0.1, -0.05) is 18.2 Å². The Labute approximate surface area is 127 Å². The molecule has 0 aliphatic carbocycles. The zero-order valence-corrected chi connectivity index (χ0v) is 12.5. The van der Waals surface area contributed by atoms with E-state index in [0.29, 0.717) is 5.92 Å². The van der Waals surface area contributed by atoms with Crippen molar-refractivity contribution in [1.29, 1.82) is 0 Å². The number of hydrogen-bond donors (Lipinski definition) is 1. The number of aromatic nitrogens is 4. The van der Waals surface area contributed by atoms with Crippen LogP contribution in [0, 0.1) is 5.92 Å². The van der Waals surface area contributed by atoms with Crippen LogP contribution in [0.25, 0.3) is 10.1 Å². The van der Waals surface area contributed by atoms with Crippen molar-refractivity contribution >= 4 is 21.4 Å². The Balaban J connectivity index is 1.77. The summed E-state index contributed by atoms with van der Waals surface area (Å²) in [5.41, 5.74) is 0. The maximum atomic E-state index is 4.31. The molecule has 4 rings (SSSR count). The number of rotatable bonds is 3. The molecule has 0 radical (unpaired) electrons. The van der Waals surface area contributed by atoms with E-state index in [2.05, 4.69) is 51.1 Å². The van der Waals surface area contributed by atoms with Gasteiger partial charge < -0.3 is 5.32 Å². The van der Waals surface area contributed by atoms with E-state index < -0.39 is 0 Å². The zero-order chi connectivity index (χ0) is 14.1. The van der Waals surface area contributed by atoms with Gasteiger partial charge in [-0.25, -0.2) is 0 Å². The molecule has 1 aliphatic rings. The van der Waals surface area contributed by atoms with E-state index in [1.165, 1.54) is 34.1 Å². The first kappa shape index (κ1) is 12.9. The quantitative estimate of drug-likeness (QED) is 0.807. The van der Waals surface area contributed by atoms with Crippen molar-refractivity contribution in [1.82, 2.24) is 25.5 Å². The number of benzene rings is 1. The summed E-state index contributed by atoms with van der Waals surface area (Å²) in [7, 11) is 0. The van der Waals surface area contributed by atoms with Gasteiger partial charge in [0.2, 0.25) is 0 Å². The fraction of sp³-hybridized carbons (Fsp3) is 0.400. The summed E-state index contributed by atoms with van der Waals surface area (Å²) in [6.45, 7) is 2.13. The van der Waals surface area contributed by atoms with Gasteiger partial charge in [0, 0.05) is 22.0 Å². The van der Waals surface area contributed by atoms with E-state index in [1.54, 1.807) is 4.80 Å². The predicted molar refractivity (Wildman–Crippen MR) is 83.4 cm³/mol. The van der Waals surface area contributed by atoms with Gasteiger partial charge >= 0.3 is 0 Å². The molecule has 108 valence electrons. The number of fused-ring (bicyclic) bond motifs is 1. The van der Waals surface area contributed by atoms with Crippen molar-refractivity contribution in [2.45, 2.75) is 18.9 Å². The molecule has 0 amide bonds. The minimum Gasteiger partial charge on any atom is -0.316 e. The summed E-state index contributed by atoms with van der Waals surface area (Å²) in [4.78, 5) is 3.10. The smallest absolute Gasteiger partial charge is 0.162 e. The van der Waals surface area contributed by atoms with Crippen LogP contribution in [0.4, 0.5) is 0 Å². The van der Waals surface area contributed by atoms with Crippen LogP contribution in [0.15, 0.2) is 36.7 Å². The number of hydrogen-bond acceptors (Lipinski definition) is 5. The number of piperidine rings is 1. The van der Waals surface area contributed by atoms with Crippen LogP contribution in [0.1, 0.15) is 23.8 Å². The van der Waals surface area contributed by atoms with Crippen LogP contribution in [0.5, 0.6) is 0 Å². The molecular formula is C15H17N5S. The van der Waals surface area contributed by atoms with Gasteiger partial charge in [0.15, 0.2) is 6.33 Å². The summed E-state index contributed by atoms with van der Waals surface area (Å²) in [6, 6.07) is 11.0. The molecular weight excluding hydrogens is 282 g/mol. The Morgan fingerprint density at radius 1 is 1.33 bits per heavy atom. The highest BCUT2D eigenvalue weighted by atomic mass is 32.1. The first-order valence-electron chi connectivity index (χ1n) is 7.33. The highest BCUT2D eigenvalue weighted by Crippen LogP contribution is 2.37. The molecule has 1 aliphatic heterocycles. The third-order valence-electron chi connectivity index (χ3n) is 4.13. The van der Waals surface area contributed by atoms with E-state index in [0.717, 1.165) is 13.1 Å². The van der Waals surface area contributed by atoms with Gasteiger partial charge in [-0.15, -0.1) is 21.5 Å². The van der Waals surface area contributed by atoms with E-state index in [4.69, 9.17) is 0 Å². The molecule has 1 fully saturated rings. The highest BCUT2D eigenvalue weighted by molar-refractivity contribution is 7.19. The van der Waals surface area contributed by atoms with Gasteiger partial charge in [0.25, 0.3) is 0 Å². The molecule has 0 unspecified atom stereocenters. The number of thiophene rings is 1. The molecule has 0 saturated carbocycles. The standard InChI is InChI=1S/C15H17N5S/c1-2-6-13-11(4-1)8-14(21-13)15(20-18-10-17-19-20)12-5-3-7-16-9-12/h1-2,4,6,8,10,12,15-16H,3,5,7,9H2/t12-,15-/m0/s1. The maximum absolute atomic E-state index is 4.31. The van der Waals surface area contributed by atoms with Crippen LogP contribution >= 0.6 is 11.3 Å². The van der Waals surface area contributed by atoms with Gasteiger partial charge in [0.05, 0.1) is 0 Å². The number of tetrazole rings is 1. The lowest BCUT2D eigenvalue weighted by Gasteiger charge is -2.29. The fourth-order valence-electron chi connectivity index (χ4n) is 3.13. The lowest BCUT2D eigenvalue weighted by Crippen LogP contribution is -2.36. The average molecular weight is 299 g/mol. The second-order valence-electron chi connectivity index (χ2n) is 5.49. The van der Waals surface area contributed by atoms with E-state index >= 15 is 0 Å². The van der Waals surface area contributed by atoms with Crippen molar-refractivity contribution in [3.05, 3.63) is 41.5 Å². The Morgan fingerprint density at radius 2 is 2.29 bits per heavy atom.